The summed E-state index contributed by atoms with van der Waals surface area (Å²) >= 11 is 0. The highest BCUT2D eigenvalue weighted by molar-refractivity contribution is 5.96. The molecule has 0 radical (unpaired) electrons. The van der Waals surface area contributed by atoms with E-state index >= 15 is 0 Å². The molecule has 2 aromatic rings. The molecule has 0 aliphatic rings. The van der Waals surface area contributed by atoms with Crippen LogP contribution in [0.1, 0.15) is 22.8 Å². The van der Waals surface area contributed by atoms with Crippen LogP contribution >= 0.6 is 0 Å². The van der Waals surface area contributed by atoms with Crippen LogP contribution < -0.4 is 5.32 Å². The molecule has 0 fully saturated rings. The summed E-state index contributed by atoms with van der Waals surface area (Å²) in [6.07, 6.45) is 1.47. The maximum atomic E-state index is 12.7. The Morgan fingerprint density at radius 1 is 1.22 bits per heavy atom. The Balaban J connectivity index is 2.18. The molecule has 0 bridgehead atoms. The first-order chi connectivity index (χ1) is 11.1. The minimum atomic E-state index is -0.251. The van der Waals surface area contributed by atoms with Crippen molar-refractivity contribution in [1.29, 1.82) is 0 Å². The summed E-state index contributed by atoms with van der Waals surface area (Å²) in [5.41, 5.74) is 1.39. The minimum Gasteiger partial charge on any atom is -0.395 e. The van der Waals surface area contributed by atoms with Crippen LogP contribution in [-0.2, 0) is 11.3 Å². The lowest BCUT2D eigenvalue weighted by Crippen LogP contribution is -2.33. The molecular formula is C17H19N3O3. The van der Waals surface area contributed by atoms with Crippen LogP contribution in [-0.4, -0.2) is 40.0 Å². The Hall–Kier alpha value is -2.73. The van der Waals surface area contributed by atoms with E-state index in [-0.39, 0.29) is 25.0 Å². The minimum absolute atomic E-state index is 0.123. The molecule has 0 saturated heterocycles. The molecule has 0 atom stereocenters. The van der Waals surface area contributed by atoms with E-state index in [1.807, 2.05) is 30.3 Å². The molecule has 6 heteroatoms. The lowest BCUT2D eigenvalue weighted by molar-refractivity contribution is -0.114. The number of benzene rings is 1. The van der Waals surface area contributed by atoms with E-state index in [9.17, 15) is 14.7 Å². The summed E-state index contributed by atoms with van der Waals surface area (Å²) in [5, 5.41) is 11.8. The fraction of sp³-hybridized carbons (Fsp3) is 0.235. The average molecular weight is 313 g/mol. The summed E-state index contributed by atoms with van der Waals surface area (Å²) in [5.74, 6) is -0.150. The Morgan fingerprint density at radius 3 is 2.61 bits per heavy atom. The maximum absolute atomic E-state index is 12.7. The van der Waals surface area contributed by atoms with Crippen molar-refractivity contribution >= 4 is 17.6 Å². The second-order valence-electron chi connectivity index (χ2n) is 5.05. The van der Waals surface area contributed by atoms with E-state index in [2.05, 4.69) is 10.3 Å². The van der Waals surface area contributed by atoms with Crippen LogP contribution in [0.2, 0.25) is 0 Å². The Morgan fingerprint density at radius 2 is 1.96 bits per heavy atom. The lowest BCUT2D eigenvalue weighted by atomic mass is 10.1. The topological polar surface area (TPSA) is 82.5 Å². The van der Waals surface area contributed by atoms with Gasteiger partial charge in [-0.2, -0.15) is 0 Å². The van der Waals surface area contributed by atoms with Crippen molar-refractivity contribution in [3.63, 3.8) is 0 Å². The van der Waals surface area contributed by atoms with Crippen molar-refractivity contribution < 1.29 is 14.7 Å². The van der Waals surface area contributed by atoms with Crippen molar-refractivity contribution in [2.45, 2.75) is 13.5 Å². The first kappa shape index (κ1) is 16.6. The number of carbonyl (C=O) groups is 2. The van der Waals surface area contributed by atoms with Gasteiger partial charge < -0.3 is 15.3 Å². The number of nitrogens with zero attached hydrogens (tertiary/aromatic N) is 2. The molecule has 0 aliphatic heterocycles. The van der Waals surface area contributed by atoms with E-state index in [4.69, 9.17) is 0 Å². The fourth-order valence-corrected chi connectivity index (χ4v) is 2.17. The highest BCUT2D eigenvalue weighted by Crippen LogP contribution is 2.12. The van der Waals surface area contributed by atoms with Crippen LogP contribution in [0.15, 0.2) is 48.7 Å². The van der Waals surface area contributed by atoms with Crippen LogP contribution in [0.4, 0.5) is 5.82 Å². The van der Waals surface area contributed by atoms with Gasteiger partial charge >= 0.3 is 0 Å². The number of anilines is 1. The van der Waals surface area contributed by atoms with Crippen molar-refractivity contribution in [2.24, 2.45) is 0 Å². The maximum Gasteiger partial charge on any atom is 0.254 e. The monoisotopic (exact) mass is 313 g/mol. The second-order valence-corrected chi connectivity index (χ2v) is 5.05. The zero-order chi connectivity index (χ0) is 16.7. The predicted octanol–water partition coefficient (Wildman–Crippen LogP) is 1.67. The highest BCUT2D eigenvalue weighted by atomic mass is 16.3. The number of rotatable bonds is 6. The van der Waals surface area contributed by atoms with Gasteiger partial charge in [0.2, 0.25) is 5.91 Å². The van der Waals surface area contributed by atoms with Crippen molar-refractivity contribution in [3.05, 3.63) is 59.8 Å². The second kappa shape index (κ2) is 8.05. The van der Waals surface area contributed by atoms with E-state index in [0.717, 1.165) is 5.56 Å². The van der Waals surface area contributed by atoms with Gasteiger partial charge in [-0.3, -0.25) is 9.59 Å². The molecule has 2 amide bonds. The predicted molar refractivity (Wildman–Crippen MR) is 86.8 cm³/mol. The van der Waals surface area contributed by atoms with Gasteiger partial charge in [0.25, 0.3) is 5.91 Å². The molecular weight excluding hydrogens is 294 g/mol. The number of amides is 2. The third-order valence-corrected chi connectivity index (χ3v) is 3.18. The average Bonchev–Trinajstić information content (AvgIpc) is 2.54. The molecule has 23 heavy (non-hydrogen) atoms. The molecule has 1 aromatic carbocycles. The van der Waals surface area contributed by atoms with Gasteiger partial charge in [0.05, 0.1) is 6.61 Å². The summed E-state index contributed by atoms with van der Waals surface area (Å²) in [6.45, 7) is 1.88. The van der Waals surface area contributed by atoms with E-state index in [0.29, 0.717) is 17.9 Å². The third-order valence-electron chi connectivity index (χ3n) is 3.18. The number of hydrogen-bond acceptors (Lipinski definition) is 4. The Labute approximate surface area is 134 Å². The normalized spacial score (nSPS) is 10.2. The molecule has 1 aromatic heterocycles. The molecule has 0 unspecified atom stereocenters. The molecule has 1 heterocycles. The Kier molecular flexibility index (Phi) is 5.82. The third kappa shape index (κ3) is 4.89. The molecule has 120 valence electrons. The molecule has 0 saturated carbocycles. The number of aliphatic hydroxyl groups is 1. The molecule has 2 N–H and O–H groups in total. The summed E-state index contributed by atoms with van der Waals surface area (Å²) in [7, 11) is 0. The van der Waals surface area contributed by atoms with Crippen LogP contribution in [0.25, 0.3) is 0 Å². The quantitative estimate of drug-likeness (QED) is 0.850. The lowest BCUT2D eigenvalue weighted by Gasteiger charge is -2.22. The van der Waals surface area contributed by atoms with Gasteiger partial charge in [-0.05, 0) is 17.7 Å². The molecule has 0 aliphatic carbocycles. The number of carbonyl (C=O) groups excluding carboxylic acids is 2. The van der Waals surface area contributed by atoms with Crippen molar-refractivity contribution in [2.75, 3.05) is 18.5 Å². The Bertz CT molecular complexity index is 674. The number of aromatic nitrogens is 1. The van der Waals surface area contributed by atoms with Gasteiger partial charge in [-0.25, -0.2) is 4.98 Å². The zero-order valence-corrected chi connectivity index (χ0v) is 12.9. The summed E-state index contributed by atoms with van der Waals surface area (Å²) < 4.78 is 0. The molecule has 2 rings (SSSR count). The van der Waals surface area contributed by atoms with Gasteiger partial charge in [-0.1, -0.05) is 30.3 Å². The number of hydrogen-bond donors (Lipinski definition) is 2. The summed E-state index contributed by atoms with van der Waals surface area (Å²) in [4.78, 5) is 29.3. The summed E-state index contributed by atoms with van der Waals surface area (Å²) in [6, 6.07) is 12.7. The van der Waals surface area contributed by atoms with Crippen LogP contribution in [0.5, 0.6) is 0 Å². The smallest absolute Gasteiger partial charge is 0.254 e. The van der Waals surface area contributed by atoms with Gasteiger partial charge in [-0.15, -0.1) is 0 Å². The first-order valence-electron chi connectivity index (χ1n) is 7.28. The van der Waals surface area contributed by atoms with Gasteiger partial charge in [0, 0.05) is 31.8 Å². The van der Waals surface area contributed by atoms with E-state index < -0.39 is 0 Å². The number of pyridine rings is 1. The van der Waals surface area contributed by atoms with E-state index in [1.54, 1.807) is 11.0 Å². The van der Waals surface area contributed by atoms with Crippen LogP contribution in [0, 0.1) is 0 Å². The SMILES string of the molecule is CC(=O)Nc1cc(C(=O)N(CCO)Cc2ccccc2)ccn1. The van der Waals surface area contributed by atoms with Crippen molar-refractivity contribution in [1.82, 2.24) is 9.88 Å². The standard InChI is InChI=1S/C17H19N3O3/c1-13(22)19-16-11-15(7-8-18-16)17(23)20(9-10-21)12-14-5-3-2-4-6-14/h2-8,11,21H,9-10,12H2,1H3,(H,18,19,22). The van der Waals surface area contributed by atoms with Crippen molar-refractivity contribution in [3.8, 4) is 0 Å². The molecule has 6 nitrogen and oxygen atoms in total. The fourth-order valence-electron chi connectivity index (χ4n) is 2.17. The van der Waals surface area contributed by atoms with Gasteiger partial charge in [0.15, 0.2) is 0 Å². The van der Waals surface area contributed by atoms with E-state index in [1.165, 1.54) is 19.2 Å². The van der Waals surface area contributed by atoms with Crippen LogP contribution in [0.3, 0.4) is 0 Å². The highest BCUT2D eigenvalue weighted by Gasteiger charge is 2.16. The molecule has 0 spiro atoms. The number of aliphatic hydroxyl groups excluding tert-OH is 1. The first-order valence-corrected chi connectivity index (χ1v) is 7.28. The number of nitrogens with one attached hydrogen (secondary N) is 1. The largest absolute Gasteiger partial charge is 0.395 e. The van der Waals surface area contributed by atoms with Gasteiger partial charge in [0.1, 0.15) is 5.82 Å². The zero-order valence-electron chi connectivity index (χ0n) is 12.9.